The van der Waals surface area contributed by atoms with Crippen LogP contribution in [0.1, 0.15) is 33.5 Å². The van der Waals surface area contributed by atoms with E-state index in [-0.39, 0.29) is 6.09 Å². The van der Waals surface area contributed by atoms with E-state index < -0.39 is 5.60 Å². The number of H-pyrrole nitrogens is 1. The van der Waals surface area contributed by atoms with Gasteiger partial charge < -0.3 is 19.9 Å². The molecule has 0 unspecified atom stereocenters. The number of fused-ring (bicyclic) bond motifs is 3. The molecule has 10 heteroatoms. The first-order valence-corrected chi connectivity index (χ1v) is 10.5. The third kappa shape index (κ3) is 3.58. The summed E-state index contributed by atoms with van der Waals surface area (Å²) in [5.41, 5.74) is 8.95. The molecule has 0 aliphatic heterocycles. The number of anilines is 1. The van der Waals surface area contributed by atoms with Gasteiger partial charge in [-0.3, -0.25) is 5.10 Å². The predicted molar refractivity (Wildman–Crippen MR) is 118 cm³/mol. The van der Waals surface area contributed by atoms with Gasteiger partial charge in [0, 0.05) is 19.8 Å². The summed E-state index contributed by atoms with van der Waals surface area (Å²) in [6, 6.07) is 3.91. The highest BCUT2D eigenvalue weighted by Gasteiger charge is 2.24. The number of aromatic amines is 1. The zero-order valence-electron chi connectivity index (χ0n) is 17.7. The quantitative estimate of drug-likeness (QED) is 0.510. The van der Waals surface area contributed by atoms with Gasteiger partial charge in [0.1, 0.15) is 16.9 Å². The number of hydrogen-bond donors (Lipinski definition) is 2. The lowest BCUT2D eigenvalue weighted by atomic mass is 10.2. The summed E-state index contributed by atoms with van der Waals surface area (Å²) in [6.45, 7) is 8.29. The highest BCUT2D eigenvalue weighted by molar-refractivity contribution is 7.23. The molecule has 9 nitrogen and oxygen atoms in total. The molecule has 0 aliphatic carbocycles. The Morgan fingerprint density at radius 1 is 1.37 bits per heavy atom. The molecule has 0 saturated carbocycles. The van der Waals surface area contributed by atoms with E-state index in [4.69, 9.17) is 15.5 Å². The standard InChI is InChI=1S/C20H25N7O2S/c1-6-27(19(28)29-20(2,3)4)10-14-24-15-16(26(14)5)17-12(23-18(15)21)9-13(30-17)11-7-8-22-25-11/h7-9H,6,10H2,1-5H3,(H2,21,23)(H,22,25). The van der Waals surface area contributed by atoms with Gasteiger partial charge in [0.25, 0.3) is 0 Å². The smallest absolute Gasteiger partial charge is 0.410 e. The van der Waals surface area contributed by atoms with Crippen LogP contribution in [0.5, 0.6) is 0 Å². The van der Waals surface area contributed by atoms with Gasteiger partial charge in [-0.05, 0) is 39.8 Å². The molecule has 158 valence electrons. The van der Waals surface area contributed by atoms with Crippen LogP contribution in [-0.4, -0.2) is 47.9 Å². The molecule has 4 rings (SSSR count). The van der Waals surface area contributed by atoms with Crippen LogP contribution in [0.4, 0.5) is 10.6 Å². The number of pyridine rings is 1. The van der Waals surface area contributed by atoms with Crippen molar-refractivity contribution < 1.29 is 9.53 Å². The highest BCUT2D eigenvalue weighted by Crippen LogP contribution is 2.37. The van der Waals surface area contributed by atoms with E-state index in [1.54, 1.807) is 22.4 Å². The number of imidazole rings is 1. The predicted octanol–water partition coefficient (Wildman–Crippen LogP) is 3.91. The molecule has 4 aromatic heterocycles. The molecule has 0 atom stereocenters. The lowest BCUT2D eigenvalue weighted by molar-refractivity contribution is 0.0238. The monoisotopic (exact) mass is 427 g/mol. The number of carbonyl (C=O) groups is 1. The van der Waals surface area contributed by atoms with Crippen LogP contribution in [-0.2, 0) is 18.3 Å². The molecule has 0 fully saturated rings. The first kappa shape index (κ1) is 20.1. The van der Waals surface area contributed by atoms with Crippen LogP contribution in [0, 0.1) is 0 Å². The van der Waals surface area contributed by atoms with E-state index in [0.29, 0.717) is 24.4 Å². The third-order valence-corrected chi connectivity index (χ3v) is 5.89. The van der Waals surface area contributed by atoms with Crippen LogP contribution in [0.2, 0.25) is 0 Å². The number of carbonyl (C=O) groups excluding carboxylic acids is 1. The lowest BCUT2D eigenvalue weighted by Crippen LogP contribution is -2.36. The Balaban J connectivity index is 1.77. The second-order valence-electron chi connectivity index (χ2n) is 8.07. The van der Waals surface area contributed by atoms with Crippen molar-refractivity contribution in [3.05, 3.63) is 24.2 Å². The van der Waals surface area contributed by atoms with Gasteiger partial charge in [0.15, 0.2) is 5.82 Å². The van der Waals surface area contributed by atoms with E-state index in [0.717, 1.165) is 32.1 Å². The van der Waals surface area contributed by atoms with Gasteiger partial charge in [-0.1, -0.05) is 0 Å². The van der Waals surface area contributed by atoms with Crippen LogP contribution in [0.3, 0.4) is 0 Å². The first-order valence-electron chi connectivity index (χ1n) is 9.70. The number of nitrogen functional groups attached to an aromatic ring is 1. The molecular weight excluding hydrogens is 402 g/mol. The fourth-order valence-corrected chi connectivity index (χ4v) is 4.42. The van der Waals surface area contributed by atoms with Crippen molar-refractivity contribution >= 4 is 44.5 Å². The number of rotatable bonds is 4. The van der Waals surface area contributed by atoms with Crippen molar-refractivity contribution in [2.75, 3.05) is 12.3 Å². The maximum atomic E-state index is 12.6. The topological polar surface area (TPSA) is 115 Å². The summed E-state index contributed by atoms with van der Waals surface area (Å²) in [4.78, 5) is 24.5. The first-order chi connectivity index (χ1) is 14.2. The average Bonchev–Trinajstić information content (AvgIpc) is 3.37. The Bertz CT molecular complexity index is 1220. The highest BCUT2D eigenvalue weighted by atomic mass is 32.1. The van der Waals surface area contributed by atoms with E-state index in [1.807, 2.05) is 51.4 Å². The van der Waals surface area contributed by atoms with Crippen molar-refractivity contribution in [2.24, 2.45) is 7.05 Å². The minimum atomic E-state index is -0.558. The lowest BCUT2D eigenvalue weighted by Gasteiger charge is -2.26. The maximum Gasteiger partial charge on any atom is 0.410 e. The van der Waals surface area contributed by atoms with Crippen LogP contribution in [0.25, 0.3) is 31.8 Å². The summed E-state index contributed by atoms with van der Waals surface area (Å²) < 4.78 is 8.49. The number of amides is 1. The number of nitrogens with one attached hydrogen (secondary N) is 1. The second kappa shape index (κ2) is 7.28. The van der Waals surface area contributed by atoms with Crippen molar-refractivity contribution in [1.82, 2.24) is 29.6 Å². The van der Waals surface area contributed by atoms with Gasteiger partial charge >= 0.3 is 6.09 Å². The number of ether oxygens (including phenoxy) is 1. The Hall–Kier alpha value is -3.14. The SMILES string of the molecule is CCN(Cc1nc2c(N)nc3cc(-c4ccn[nH]4)sc3c2n1C)C(=O)OC(C)(C)C. The van der Waals surface area contributed by atoms with E-state index in [1.165, 1.54) is 0 Å². The molecule has 1 amide bonds. The Labute approximate surface area is 177 Å². The Morgan fingerprint density at radius 3 is 2.77 bits per heavy atom. The molecule has 4 heterocycles. The van der Waals surface area contributed by atoms with Gasteiger partial charge in [-0.2, -0.15) is 5.10 Å². The van der Waals surface area contributed by atoms with E-state index >= 15 is 0 Å². The van der Waals surface area contributed by atoms with Crippen LogP contribution >= 0.6 is 11.3 Å². The van der Waals surface area contributed by atoms with E-state index in [2.05, 4.69) is 15.2 Å². The molecule has 0 spiro atoms. The summed E-state index contributed by atoms with van der Waals surface area (Å²) in [5, 5.41) is 7.01. The number of nitrogens with two attached hydrogens (primary N) is 1. The number of aromatic nitrogens is 5. The zero-order chi connectivity index (χ0) is 21.6. The molecule has 0 bridgehead atoms. The minimum absolute atomic E-state index is 0.316. The molecule has 0 aromatic carbocycles. The Kier molecular flexibility index (Phi) is 4.89. The van der Waals surface area contributed by atoms with Gasteiger partial charge in [0.2, 0.25) is 0 Å². The normalized spacial score (nSPS) is 12.0. The molecule has 0 saturated heterocycles. The average molecular weight is 428 g/mol. The van der Waals surface area contributed by atoms with Gasteiger partial charge in [0.05, 0.1) is 32.8 Å². The number of thiophene rings is 1. The summed E-state index contributed by atoms with van der Waals surface area (Å²) >= 11 is 1.60. The minimum Gasteiger partial charge on any atom is -0.444 e. The summed E-state index contributed by atoms with van der Waals surface area (Å²) in [5.74, 6) is 1.09. The number of hydrogen-bond acceptors (Lipinski definition) is 7. The summed E-state index contributed by atoms with van der Waals surface area (Å²) in [6.07, 6.45) is 1.35. The van der Waals surface area contributed by atoms with Crippen molar-refractivity contribution in [2.45, 2.75) is 39.8 Å². The maximum absolute atomic E-state index is 12.6. The van der Waals surface area contributed by atoms with Crippen LogP contribution < -0.4 is 5.73 Å². The van der Waals surface area contributed by atoms with Crippen molar-refractivity contribution in [1.29, 1.82) is 0 Å². The Morgan fingerprint density at radius 2 is 2.13 bits per heavy atom. The number of aryl methyl sites for hydroxylation is 1. The van der Waals surface area contributed by atoms with Gasteiger partial charge in [-0.25, -0.2) is 14.8 Å². The number of nitrogens with zero attached hydrogens (tertiary/aromatic N) is 5. The van der Waals surface area contributed by atoms with Crippen molar-refractivity contribution in [3.8, 4) is 10.6 Å². The van der Waals surface area contributed by atoms with Gasteiger partial charge in [-0.15, -0.1) is 11.3 Å². The zero-order valence-corrected chi connectivity index (χ0v) is 18.5. The summed E-state index contributed by atoms with van der Waals surface area (Å²) in [7, 11) is 1.93. The molecule has 0 aliphatic rings. The van der Waals surface area contributed by atoms with Crippen molar-refractivity contribution in [3.63, 3.8) is 0 Å². The largest absolute Gasteiger partial charge is 0.444 e. The fourth-order valence-electron chi connectivity index (χ4n) is 3.27. The molecule has 0 radical (unpaired) electrons. The second-order valence-corrected chi connectivity index (χ2v) is 9.12. The molecule has 3 N–H and O–H groups in total. The van der Waals surface area contributed by atoms with Crippen LogP contribution in [0.15, 0.2) is 18.3 Å². The van der Waals surface area contributed by atoms with E-state index in [9.17, 15) is 4.79 Å². The fraction of sp³-hybridized carbons (Fsp3) is 0.400. The molecule has 30 heavy (non-hydrogen) atoms. The molecular formula is C20H25N7O2S. The molecule has 4 aromatic rings. The third-order valence-electron chi connectivity index (χ3n) is 4.73.